The monoisotopic (exact) mass is 437 g/mol. The normalized spacial score (nSPS) is 15.9. The average Bonchev–Trinajstić information content (AvgIpc) is 2.95. The highest BCUT2D eigenvalue weighted by molar-refractivity contribution is 8.26. The van der Waals surface area contributed by atoms with Crippen molar-refractivity contribution in [3.05, 3.63) is 75.7 Å². The van der Waals surface area contributed by atoms with Gasteiger partial charge in [-0.1, -0.05) is 48.2 Å². The molecule has 0 N–H and O–H groups in total. The smallest absolute Gasteiger partial charge is 0.416 e. The van der Waals surface area contributed by atoms with Gasteiger partial charge in [0.05, 0.1) is 29.7 Å². The molecule has 1 aliphatic rings. The topological polar surface area (TPSA) is 46.6 Å². The summed E-state index contributed by atoms with van der Waals surface area (Å²) in [7, 11) is 1.28. The molecule has 29 heavy (non-hydrogen) atoms. The molecule has 0 spiro atoms. The zero-order chi connectivity index (χ0) is 21.2. The van der Waals surface area contributed by atoms with Gasteiger partial charge in [0.2, 0.25) is 0 Å². The lowest BCUT2D eigenvalue weighted by atomic mass is 10.1. The number of thiocarbonyl (C=S) groups is 1. The number of methoxy groups -OCH3 is 1. The van der Waals surface area contributed by atoms with Gasteiger partial charge in [0.1, 0.15) is 4.32 Å². The molecule has 0 aromatic heterocycles. The number of benzene rings is 2. The van der Waals surface area contributed by atoms with Crippen LogP contribution in [0.15, 0.2) is 53.4 Å². The van der Waals surface area contributed by atoms with E-state index >= 15 is 0 Å². The second-order valence-corrected chi connectivity index (χ2v) is 7.76. The molecule has 1 heterocycles. The fraction of sp³-hybridized carbons (Fsp3) is 0.150. The summed E-state index contributed by atoms with van der Waals surface area (Å²) in [4.78, 5) is 25.8. The Morgan fingerprint density at radius 3 is 2.52 bits per heavy atom. The highest BCUT2D eigenvalue weighted by atomic mass is 32.2. The third-order valence-electron chi connectivity index (χ3n) is 4.10. The second-order valence-electron chi connectivity index (χ2n) is 6.08. The molecule has 0 bridgehead atoms. The molecule has 0 saturated carbocycles. The molecule has 1 saturated heterocycles. The van der Waals surface area contributed by atoms with Gasteiger partial charge in [0, 0.05) is 0 Å². The van der Waals surface area contributed by atoms with Gasteiger partial charge in [-0.05, 0) is 41.5 Å². The molecule has 4 nitrogen and oxygen atoms in total. The first-order valence-corrected chi connectivity index (χ1v) is 9.51. The van der Waals surface area contributed by atoms with Crippen molar-refractivity contribution in [2.24, 2.45) is 0 Å². The molecule has 0 radical (unpaired) electrons. The van der Waals surface area contributed by atoms with E-state index in [1.165, 1.54) is 24.1 Å². The molecule has 0 unspecified atom stereocenters. The van der Waals surface area contributed by atoms with E-state index < -0.39 is 17.7 Å². The van der Waals surface area contributed by atoms with Crippen LogP contribution in [0.3, 0.4) is 0 Å². The Morgan fingerprint density at radius 1 is 1.21 bits per heavy atom. The van der Waals surface area contributed by atoms with Crippen molar-refractivity contribution in [3.8, 4) is 0 Å². The molecule has 150 valence electrons. The van der Waals surface area contributed by atoms with E-state index in [0.717, 1.165) is 23.9 Å². The number of alkyl halides is 3. The van der Waals surface area contributed by atoms with Gasteiger partial charge in [-0.25, -0.2) is 4.79 Å². The fourth-order valence-electron chi connectivity index (χ4n) is 2.65. The third-order valence-corrected chi connectivity index (χ3v) is 5.48. The molecule has 1 aliphatic heterocycles. The lowest BCUT2D eigenvalue weighted by molar-refractivity contribution is -0.137. The Morgan fingerprint density at radius 2 is 1.90 bits per heavy atom. The largest absolute Gasteiger partial charge is 0.465 e. The van der Waals surface area contributed by atoms with Gasteiger partial charge < -0.3 is 4.74 Å². The first kappa shape index (κ1) is 21.1. The second kappa shape index (κ2) is 8.38. The van der Waals surface area contributed by atoms with Gasteiger partial charge in [0.15, 0.2) is 0 Å². The van der Waals surface area contributed by atoms with Crippen molar-refractivity contribution >= 4 is 46.3 Å². The molecule has 2 aromatic rings. The van der Waals surface area contributed by atoms with Crippen molar-refractivity contribution in [2.45, 2.75) is 12.7 Å². The minimum absolute atomic E-state index is 0.0484. The van der Waals surface area contributed by atoms with E-state index in [-0.39, 0.29) is 16.8 Å². The summed E-state index contributed by atoms with van der Waals surface area (Å²) in [6.45, 7) is -0.0484. The van der Waals surface area contributed by atoms with E-state index in [9.17, 15) is 22.8 Å². The molecular formula is C20H14F3NO3S2. The minimum atomic E-state index is -4.46. The third kappa shape index (κ3) is 4.86. The SMILES string of the molecule is COC(=O)c1ccc(/C=C2\SC(=S)N(Cc3cccc(C(F)(F)F)c3)C2=O)cc1. The molecule has 3 rings (SSSR count). The van der Waals surface area contributed by atoms with E-state index in [1.807, 2.05) is 0 Å². The molecule has 0 atom stereocenters. The van der Waals surface area contributed by atoms with Crippen LogP contribution in [-0.4, -0.2) is 28.2 Å². The summed E-state index contributed by atoms with van der Waals surface area (Å²) in [5.41, 5.74) is 0.612. The van der Waals surface area contributed by atoms with Gasteiger partial charge in [-0.3, -0.25) is 9.69 Å². The summed E-state index contributed by atoms with van der Waals surface area (Å²) >= 11 is 6.31. The van der Waals surface area contributed by atoms with Crippen LogP contribution in [0.2, 0.25) is 0 Å². The number of rotatable bonds is 4. The zero-order valence-corrected chi connectivity index (χ0v) is 16.7. The molecule has 2 aromatic carbocycles. The van der Waals surface area contributed by atoms with E-state index in [4.69, 9.17) is 12.2 Å². The molecular weight excluding hydrogens is 423 g/mol. The Hall–Kier alpha value is -2.65. The van der Waals surface area contributed by atoms with Crippen molar-refractivity contribution in [1.29, 1.82) is 0 Å². The standard InChI is InChI=1S/C20H14F3NO3S2/c1-27-18(26)14-7-5-12(6-8-14)10-16-17(25)24(19(28)29-16)11-13-3-2-4-15(9-13)20(21,22)23/h2-10H,11H2,1H3/b16-10-. The van der Waals surface area contributed by atoms with Crippen LogP contribution in [0.1, 0.15) is 27.0 Å². The number of ether oxygens (including phenoxy) is 1. The fourth-order valence-corrected chi connectivity index (χ4v) is 3.90. The minimum Gasteiger partial charge on any atom is -0.465 e. The van der Waals surface area contributed by atoms with E-state index in [2.05, 4.69) is 4.74 Å². The number of thioether (sulfide) groups is 1. The van der Waals surface area contributed by atoms with E-state index in [0.29, 0.717) is 21.6 Å². The summed E-state index contributed by atoms with van der Waals surface area (Å²) < 4.78 is 43.6. The average molecular weight is 437 g/mol. The highest BCUT2D eigenvalue weighted by Crippen LogP contribution is 2.35. The van der Waals surface area contributed by atoms with Crippen molar-refractivity contribution < 1.29 is 27.5 Å². The summed E-state index contributed by atoms with van der Waals surface area (Å²) in [6.07, 6.45) is -2.84. The number of amides is 1. The Labute approximate surface area is 174 Å². The molecule has 1 fully saturated rings. The van der Waals surface area contributed by atoms with E-state index in [1.54, 1.807) is 30.3 Å². The van der Waals surface area contributed by atoms with Gasteiger partial charge in [-0.2, -0.15) is 13.2 Å². The van der Waals surface area contributed by atoms with Crippen LogP contribution in [0.4, 0.5) is 13.2 Å². The first-order chi connectivity index (χ1) is 13.7. The van der Waals surface area contributed by atoms with Gasteiger partial charge >= 0.3 is 12.1 Å². The number of carbonyl (C=O) groups is 2. The van der Waals surface area contributed by atoms with Gasteiger partial charge in [-0.15, -0.1) is 0 Å². The van der Waals surface area contributed by atoms with Crippen LogP contribution in [0.25, 0.3) is 6.08 Å². The quantitative estimate of drug-likeness (QED) is 0.387. The number of halogens is 3. The summed E-state index contributed by atoms with van der Waals surface area (Å²) in [5.74, 6) is -0.849. The van der Waals surface area contributed by atoms with Crippen LogP contribution in [0, 0.1) is 0 Å². The number of hydrogen-bond donors (Lipinski definition) is 0. The lowest BCUT2D eigenvalue weighted by Gasteiger charge is -2.15. The zero-order valence-electron chi connectivity index (χ0n) is 15.0. The number of nitrogens with zero attached hydrogens (tertiary/aromatic N) is 1. The predicted molar refractivity (Wildman–Crippen MR) is 108 cm³/mol. The maximum absolute atomic E-state index is 12.9. The Bertz CT molecular complexity index is 1000. The summed E-state index contributed by atoms with van der Waals surface area (Å²) in [6, 6.07) is 11.3. The van der Waals surface area contributed by atoms with Gasteiger partial charge in [0.25, 0.3) is 5.91 Å². The Kier molecular flexibility index (Phi) is 6.09. The number of esters is 1. The van der Waals surface area contributed by atoms with Crippen molar-refractivity contribution in [3.63, 3.8) is 0 Å². The maximum Gasteiger partial charge on any atom is 0.416 e. The molecule has 0 aliphatic carbocycles. The predicted octanol–water partition coefficient (Wildman–Crippen LogP) is 4.89. The maximum atomic E-state index is 12.9. The Balaban J connectivity index is 1.78. The molecule has 1 amide bonds. The summed E-state index contributed by atoms with van der Waals surface area (Å²) in [5, 5.41) is 0. The first-order valence-electron chi connectivity index (χ1n) is 8.29. The van der Waals surface area contributed by atoms with Crippen LogP contribution < -0.4 is 0 Å². The van der Waals surface area contributed by atoms with Crippen LogP contribution >= 0.6 is 24.0 Å². The van der Waals surface area contributed by atoms with Crippen molar-refractivity contribution in [1.82, 2.24) is 4.90 Å². The van der Waals surface area contributed by atoms with Crippen LogP contribution in [-0.2, 0) is 22.3 Å². The lowest BCUT2D eigenvalue weighted by Crippen LogP contribution is -2.27. The number of carbonyl (C=O) groups excluding carboxylic acids is 2. The molecule has 9 heteroatoms. The highest BCUT2D eigenvalue weighted by Gasteiger charge is 2.33. The number of hydrogen-bond acceptors (Lipinski definition) is 5. The van der Waals surface area contributed by atoms with Crippen molar-refractivity contribution in [2.75, 3.05) is 7.11 Å². The van der Waals surface area contributed by atoms with Crippen LogP contribution in [0.5, 0.6) is 0 Å².